The summed E-state index contributed by atoms with van der Waals surface area (Å²) >= 11 is 0. The molecule has 4 nitrogen and oxygen atoms in total. The molecule has 2 N–H and O–H groups in total. The highest BCUT2D eigenvalue weighted by Crippen LogP contribution is 2.32. The Morgan fingerprint density at radius 3 is 3.00 bits per heavy atom. The Labute approximate surface area is 82.4 Å². The molecule has 0 radical (unpaired) electrons. The van der Waals surface area contributed by atoms with Gasteiger partial charge in [-0.1, -0.05) is 6.07 Å². The monoisotopic (exact) mass is 195 g/mol. The molecular formula is C10H13NO3. The van der Waals surface area contributed by atoms with Crippen molar-refractivity contribution in [3.63, 3.8) is 0 Å². The molecule has 2 rings (SSSR count). The first-order chi connectivity index (χ1) is 6.90. The smallest absolute Gasteiger partial charge is 0.231 e. The van der Waals surface area contributed by atoms with E-state index >= 15 is 0 Å². The average Bonchev–Trinajstić information content (AvgIpc) is 2.65. The van der Waals surface area contributed by atoms with E-state index in [1.165, 1.54) is 5.56 Å². The van der Waals surface area contributed by atoms with E-state index in [0.29, 0.717) is 13.3 Å². The second-order valence-corrected chi connectivity index (χ2v) is 3.20. The van der Waals surface area contributed by atoms with E-state index in [2.05, 4.69) is 5.48 Å². The lowest BCUT2D eigenvalue weighted by atomic mass is 10.1. The van der Waals surface area contributed by atoms with Crippen LogP contribution in [0.15, 0.2) is 18.2 Å². The summed E-state index contributed by atoms with van der Waals surface area (Å²) in [5.74, 6) is 1.63. The molecule has 14 heavy (non-hydrogen) atoms. The van der Waals surface area contributed by atoms with Gasteiger partial charge >= 0.3 is 0 Å². The Balaban J connectivity index is 1.98. The van der Waals surface area contributed by atoms with Crippen LogP contribution in [0.2, 0.25) is 0 Å². The van der Waals surface area contributed by atoms with Gasteiger partial charge in [-0.2, -0.15) is 0 Å². The minimum absolute atomic E-state index is 0.316. The first-order valence-corrected chi connectivity index (χ1v) is 4.65. The largest absolute Gasteiger partial charge is 0.454 e. The van der Waals surface area contributed by atoms with Gasteiger partial charge in [-0.25, -0.2) is 5.48 Å². The maximum Gasteiger partial charge on any atom is 0.231 e. The summed E-state index contributed by atoms with van der Waals surface area (Å²) < 4.78 is 10.5. The second-order valence-electron chi connectivity index (χ2n) is 3.20. The Morgan fingerprint density at radius 1 is 1.29 bits per heavy atom. The first-order valence-electron chi connectivity index (χ1n) is 4.65. The van der Waals surface area contributed by atoms with Crippen molar-refractivity contribution in [3.05, 3.63) is 23.8 Å². The Kier molecular flexibility index (Phi) is 2.86. The van der Waals surface area contributed by atoms with Crippen LogP contribution in [0.5, 0.6) is 11.5 Å². The molecule has 1 aliphatic rings. The molecule has 1 aromatic rings. The molecule has 1 heterocycles. The number of hydrogen-bond donors (Lipinski definition) is 2. The number of fused-ring (bicyclic) bond motifs is 1. The molecule has 0 amide bonds. The molecule has 0 aliphatic carbocycles. The minimum atomic E-state index is 0.316. The quantitative estimate of drug-likeness (QED) is 0.562. The van der Waals surface area contributed by atoms with Gasteiger partial charge < -0.3 is 14.7 Å². The lowest BCUT2D eigenvalue weighted by molar-refractivity contribution is 0.166. The highest BCUT2D eigenvalue weighted by molar-refractivity contribution is 5.44. The minimum Gasteiger partial charge on any atom is -0.454 e. The predicted molar refractivity (Wildman–Crippen MR) is 50.7 cm³/mol. The van der Waals surface area contributed by atoms with E-state index in [9.17, 15) is 0 Å². The van der Waals surface area contributed by atoms with Gasteiger partial charge in [0.1, 0.15) is 0 Å². The molecule has 0 fully saturated rings. The lowest BCUT2D eigenvalue weighted by Gasteiger charge is -2.02. The Bertz CT molecular complexity index is 314. The van der Waals surface area contributed by atoms with Crippen LogP contribution < -0.4 is 15.0 Å². The van der Waals surface area contributed by atoms with Crippen LogP contribution in [0, 0.1) is 0 Å². The van der Waals surface area contributed by atoms with Crippen LogP contribution in [0.1, 0.15) is 12.0 Å². The zero-order valence-electron chi connectivity index (χ0n) is 7.82. The van der Waals surface area contributed by atoms with Crippen molar-refractivity contribution in [1.29, 1.82) is 0 Å². The topological polar surface area (TPSA) is 50.7 Å². The molecule has 0 bridgehead atoms. The van der Waals surface area contributed by atoms with Crippen molar-refractivity contribution >= 4 is 0 Å². The molecule has 1 aromatic carbocycles. The molecule has 0 saturated carbocycles. The number of rotatable bonds is 4. The van der Waals surface area contributed by atoms with Crippen LogP contribution in [0.3, 0.4) is 0 Å². The summed E-state index contributed by atoms with van der Waals surface area (Å²) in [7, 11) is 0. The fraction of sp³-hybridized carbons (Fsp3) is 0.400. The Hall–Kier alpha value is -1.26. The Morgan fingerprint density at radius 2 is 2.14 bits per heavy atom. The van der Waals surface area contributed by atoms with Crippen molar-refractivity contribution in [2.75, 3.05) is 13.3 Å². The van der Waals surface area contributed by atoms with Crippen LogP contribution in [-0.2, 0) is 6.42 Å². The zero-order valence-corrected chi connectivity index (χ0v) is 7.82. The molecule has 76 valence electrons. The van der Waals surface area contributed by atoms with E-state index in [1.807, 2.05) is 18.2 Å². The van der Waals surface area contributed by atoms with Crippen molar-refractivity contribution in [2.45, 2.75) is 12.8 Å². The van der Waals surface area contributed by atoms with E-state index in [-0.39, 0.29) is 0 Å². The summed E-state index contributed by atoms with van der Waals surface area (Å²) in [6.07, 6.45) is 1.82. The van der Waals surface area contributed by atoms with E-state index in [4.69, 9.17) is 14.7 Å². The summed E-state index contributed by atoms with van der Waals surface area (Å²) in [6, 6.07) is 5.93. The second kappa shape index (κ2) is 4.30. The van der Waals surface area contributed by atoms with Gasteiger partial charge in [0.25, 0.3) is 0 Å². The normalized spacial score (nSPS) is 13.2. The molecule has 0 saturated heterocycles. The third-order valence-electron chi connectivity index (χ3n) is 2.19. The van der Waals surface area contributed by atoms with Gasteiger partial charge in [0.05, 0.1) is 0 Å². The van der Waals surface area contributed by atoms with Crippen LogP contribution in [0.25, 0.3) is 0 Å². The molecule has 0 atom stereocenters. The summed E-state index contributed by atoms with van der Waals surface area (Å²) in [5.41, 5.74) is 3.33. The first kappa shape index (κ1) is 9.30. The van der Waals surface area contributed by atoms with E-state index in [0.717, 1.165) is 24.3 Å². The fourth-order valence-electron chi connectivity index (χ4n) is 1.47. The lowest BCUT2D eigenvalue weighted by Crippen LogP contribution is -2.09. The third kappa shape index (κ3) is 1.97. The number of hydroxylamine groups is 1. The van der Waals surface area contributed by atoms with Crippen molar-refractivity contribution < 1.29 is 14.7 Å². The number of nitrogens with one attached hydrogen (secondary N) is 1. The van der Waals surface area contributed by atoms with Gasteiger partial charge in [0.15, 0.2) is 11.5 Å². The SMILES string of the molecule is ONCCCc1ccc2c(c1)OCO2. The van der Waals surface area contributed by atoms with Gasteiger partial charge in [0, 0.05) is 6.54 Å². The number of aryl methyl sites for hydroxylation is 1. The van der Waals surface area contributed by atoms with E-state index in [1.54, 1.807) is 0 Å². The maximum atomic E-state index is 8.40. The number of ether oxygens (including phenoxy) is 2. The number of hydrogen-bond acceptors (Lipinski definition) is 4. The molecule has 1 aliphatic heterocycles. The van der Waals surface area contributed by atoms with Gasteiger partial charge in [-0.3, -0.25) is 0 Å². The van der Waals surface area contributed by atoms with Crippen LogP contribution >= 0.6 is 0 Å². The highest BCUT2D eigenvalue weighted by Gasteiger charge is 2.12. The summed E-state index contributed by atoms with van der Waals surface area (Å²) in [6.45, 7) is 0.922. The third-order valence-corrected chi connectivity index (χ3v) is 2.19. The molecule has 4 heteroatoms. The molecule has 0 spiro atoms. The van der Waals surface area contributed by atoms with Crippen LogP contribution in [-0.4, -0.2) is 18.5 Å². The van der Waals surface area contributed by atoms with Crippen molar-refractivity contribution in [2.24, 2.45) is 0 Å². The highest BCUT2D eigenvalue weighted by atomic mass is 16.7. The standard InChI is InChI=1S/C10H13NO3/c12-11-5-1-2-8-3-4-9-10(6-8)14-7-13-9/h3-4,6,11-12H,1-2,5,7H2. The zero-order chi connectivity index (χ0) is 9.80. The molecule has 0 aromatic heterocycles. The fourth-order valence-corrected chi connectivity index (χ4v) is 1.47. The average molecular weight is 195 g/mol. The summed E-state index contributed by atoms with van der Waals surface area (Å²) in [5, 5.41) is 8.40. The molecule has 0 unspecified atom stereocenters. The van der Waals surface area contributed by atoms with Gasteiger partial charge in [-0.05, 0) is 30.5 Å². The number of benzene rings is 1. The van der Waals surface area contributed by atoms with Crippen molar-refractivity contribution in [3.8, 4) is 11.5 Å². The molecular weight excluding hydrogens is 182 g/mol. The maximum absolute atomic E-state index is 8.40. The summed E-state index contributed by atoms with van der Waals surface area (Å²) in [4.78, 5) is 0. The predicted octanol–water partition coefficient (Wildman–Crippen LogP) is 1.33. The van der Waals surface area contributed by atoms with Crippen LogP contribution in [0.4, 0.5) is 0 Å². The van der Waals surface area contributed by atoms with Gasteiger partial charge in [0.2, 0.25) is 6.79 Å². The van der Waals surface area contributed by atoms with E-state index < -0.39 is 0 Å². The van der Waals surface area contributed by atoms with Crippen molar-refractivity contribution in [1.82, 2.24) is 5.48 Å². The van der Waals surface area contributed by atoms with Gasteiger partial charge in [-0.15, -0.1) is 0 Å².